The molecule has 4 aliphatic rings. The number of ketones is 2. The van der Waals surface area contributed by atoms with Gasteiger partial charge in [0.25, 0.3) is 0 Å². The Labute approximate surface area is 173 Å². The summed E-state index contributed by atoms with van der Waals surface area (Å²) >= 11 is 0. The number of carbonyl (C=O) groups excluding carboxylic acids is 2. The molecule has 0 aromatic heterocycles. The topological polar surface area (TPSA) is 34.1 Å². The maximum atomic E-state index is 12.2. The van der Waals surface area contributed by atoms with Gasteiger partial charge in [-0.05, 0) is 59.2 Å². The molecule has 4 bridgehead atoms. The highest BCUT2D eigenvalue weighted by atomic mass is 16.1. The van der Waals surface area contributed by atoms with Crippen LogP contribution < -0.4 is 0 Å². The van der Waals surface area contributed by atoms with Crippen LogP contribution in [0.1, 0.15) is 108 Å². The van der Waals surface area contributed by atoms with Crippen LogP contribution in [-0.2, 0) is 9.59 Å². The molecule has 4 atom stereocenters. The monoisotopic (exact) mass is 388 g/mol. The molecule has 160 valence electrons. The van der Waals surface area contributed by atoms with Gasteiger partial charge in [-0.25, -0.2) is 0 Å². The molecule has 0 aromatic rings. The molecule has 0 heterocycles. The van der Waals surface area contributed by atoms with E-state index in [1.807, 2.05) is 0 Å². The minimum absolute atomic E-state index is 0.0370. The zero-order valence-electron chi connectivity index (χ0n) is 20.2. The van der Waals surface area contributed by atoms with Gasteiger partial charge in [-0.15, -0.1) is 0 Å². The summed E-state index contributed by atoms with van der Waals surface area (Å²) in [4.78, 5) is 24.4. The van der Waals surface area contributed by atoms with Crippen LogP contribution in [0.15, 0.2) is 0 Å². The number of hydrogen-bond acceptors (Lipinski definition) is 2. The second kappa shape index (κ2) is 5.94. The Balaban J connectivity index is 0.000000161. The van der Waals surface area contributed by atoms with Crippen molar-refractivity contribution >= 4 is 11.6 Å². The Bertz CT molecular complexity index is 624. The third kappa shape index (κ3) is 2.38. The van der Waals surface area contributed by atoms with E-state index in [4.69, 9.17) is 0 Å². The Kier molecular flexibility index (Phi) is 4.68. The fourth-order valence-electron chi connectivity index (χ4n) is 8.87. The molecule has 0 amide bonds. The quantitative estimate of drug-likeness (QED) is 0.454. The lowest BCUT2D eigenvalue weighted by Crippen LogP contribution is -2.46. The summed E-state index contributed by atoms with van der Waals surface area (Å²) in [6.07, 6.45) is 6.43. The molecule has 28 heavy (non-hydrogen) atoms. The lowest BCUT2D eigenvalue weighted by molar-refractivity contribution is -0.138. The van der Waals surface area contributed by atoms with Gasteiger partial charge in [0.05, 0.1) is 0 Å². The fourth-order valence-corrected chi connectivity index (χ4v) is 8.87. The van der Waals surface area contributed by atoms with Gasteiger partial charge in [-0.2, -0.15) is 0 Å². The molecule has 0 saturated heterocycles. The van der Waals surface area contributed by atoms with Crippen LogP contribution in [-0.4, -0.2) is 11.6 Å². The largest absolute Gasteiger partial charge is 0.299 e. The van der Waals surface area contributed by atoms with Crippen LogP contribution in [0.3, 0.4) is 0 Å². The molecule has 0 radical (unpaired) electrons. The first kappa shape index (κ1) is 22.0. The molecule has 4 rings (SSSR count). The Morgan fingerprint density at radius 1 is 0.643 bits per heavy atom. The molecule has 2 heteroatoms. The van der Waals surface area contributed by atoms with Crippen LogP contribution in [0.25, 0.3) is 0 Å². The maximum absolute atomic E-state index is 12.2. The predicted molar refractivity (Wildman–Crippen MR) is 116 cm³/mol. The van der Waals surface area contributed by atoms with Crippen molar-refractivity contribution in [3.63, 3.8) is 0 Å². The summed E-state index contributed by atoms with van der Waals surface area (Å²) in [6, 6.07) is 0. The van der Waals surface area contributed by atoms with E-state index >= 15 is 0 Å². The van der Waals surface area contributed by atoms with E-state index in [9.17, 15) is 9.59 Å². The summed E-state index contributed by atoms with van der Waals surface area (Å²) in [6.45, 7) is 22.6. The highest BCUT2D eigenvalue weighted by Gasteiger charge is 2.69. The fraction of sp³-hybridized carbons (Fsp3) is 0.923. The smallest absolute Gasteiger partial charge is 0.140 e. The first-order valence-electron chi connectivity index (χ1n) is 11.5. The number of hydrogen-bond donors (Lipinski definition) is 0. The van der Waals surface area contributed by atoms with E-state index in [1.54, 1.807) is 0 Å². The van der Waals surface area contributed by atoms with Crippen LogP contribution in [0.5, 0.6) is 0 Å². The first-order valence-corrected chi connectivity index (χ1v) is 11.5. The molecule has 0 unspecified atom stereocenters. The number of carbonyl (C=O) groups is 2. The average molecular weight is 389 g/mol. The van der Waals surface area contributed by atoms with Gasteiger partial charge in [0, 0.05) is 23.7 Å². The molecule has 0 N–H and O–H groups in total. The van der Waals surface area contributed by atoms with Crippen molar-refractivity contribution in [1.29, 1.82) is 0 Å². The first-order chi connectivity index (χ1) is 12.5. The van der Waals surface area contributed by atoms with Crippen molar-refractivity contribution in [3.8, 4) is 0 Å². The van der Waals surface area contributed by atoms with Gasteiger partial charge in [-0.3, -0.25) is 9.59 Å². The molecule has 2 nitrogen and oxygen atoms in total. The van der Waals surface area contributed by atoms with E-state index < -0.39 is 0 Å². The van der Waals surface area contributed by atoms with E-state index in [0.717, 1.165) is 25.7 Å². The molecule has 0 aliphatic heterocycles. The lowest BCUT2D eigenvalue weighted by atomic mass is 9.55. The van der Waals surface area contributed by atoms with Crippen molar-refractivity contribution in [3.05, 3.63) is 0 Å². The van der Waals surface area contributed by atoms with Crippen LogP contribution in [0, 0.1) is 44.3 Å². The average Bonchev–Trinajstić information content (AvgIpc) is 3.07. The number of fused-ring (bicyclic) bond motifs is 4. The summed E-state index contributed by atoms with van der Waals surface area (Å²) in [5, 5.41) is 0. The summed E-state index contributed by atoms with van der Waals surface area (Å²) < 4.78 is 0. The van der Waals surface area contributed by atoms with Gasteiger partial charge < -0.3 is 0 Å². The van der Waals surface area contributed by atoms with Gasteiger partial charge in [0.1, 0.15) is 11.6 Å². The van der Waals surface area contributed by atoms with Crippen molar-refractivity contribution in [2.75, 3.05) is 0 Å². The molecular weight excluding hydrogens is 344 g/mol. The van der Waals surface area contributed by atoms with Crippen molar-refractivity contribution in [2.45, 2.75) is 108 Å². The molecular formula is C26H44O2. The molecule has 4 aliphatic carbocycles. The van der Waals surface area contributed by atoms with Crippen molar-refractivity contribution in [1.82, 2.24) is 0 Å². The minimum atomic E-state index is -0.0370. The Morgan fingerprint density at radius 2 is 0.929 bits per heavy atom. The summed E-state index contributed by atoms with van der Waals surface area (Å²) in [5.41, 5.74) is 0.623. The lowest BCUT2D eigenvalue weighted by Gasteiger charge is -2.47. The second-order valence-electron chi connectivity index (χ2n) is 13.5. The number of rotatable bonds is 0. The predicted octanol–water partition coefficient (Wildman–Crippen LogP) is 6.86. The van der Waals surface area contributed by atoms with Crippen LogP contribution >= 0.6 is 0 Å². The van der Waals surface area contributed by atoms with E-state index in [2.05, 4.69) is 69.2 Å². The standard InChI is InChI=1S/2C13H22O/c2*1-11(2,3)13-7-6-9(8-10(13)14)12(13,4)5/h2*9H,6-8H2,1-5H3/t2*9-,13+/m10/s1. The second-order valence-corrected chi connectivity index (χ2v) is 13.5. The Hall–Kier alpha value is -0.660. The molecule has 4 fully saturated rings. The van der Waals surface area contributed by atoms with Crippen molar-refractivity contribution < 1.29 is 9.59 Å². The van der Waals surface area contributed by atoms with Gasteiger partial charge >= 0.3 is 0 Å². The normalized spacial score (nSPS) is 40.6. The third-order valence-corrected chi connectivity index (χ3v) is 10.4. The van der Waals surface area contributed by atoms with Crippen LogP contribution in [0.4, 0.5) is 0 Å². The highest BCUT2D eigenvalue weighted by molar-refractivity contribution is 5.91. The maximum Gasteiger partial charge on any atom is 0.140 e. The minimum Gasteiger partial charge on any atom is -0.299 e. The SMILES string of the molecule is CC(C)(C)[C@@]12CC[C@@H](CC1=O)C2(C)C.CC(C)(C)[C@]12CC[C@H](CC1=O)C2(C)C. The summed E-state index contributed by atoms with van der Waals surface area (Å²) in [7, 11) is 0. The highest BCUT2D eigenvalue weighted by Crippen LogP contribution is 2.71. The van der Waals surface area contributed by atoms with Gasteiger partial charge in [0.15, 0.2) is 0 Å². The molecule has 0 spiro atoms. The molecule has 4 saturated carbocycles. The Morgan fingerprint density at radius 3 is 1.04 bits per heavy atom. The zero-order chi connectivity index (χ0) is 21.6. The van der Waals surface area contributed by atoms with Gasteiger partial charge in [-0.1, -0.05) is 69.2 Å². The van der Waals surface area contributed by atoms with E-state index in [0.29, 0.717) is 23.4 Å². The van der Waals surface area contributed by atoms with Crippen molar-refractivity contribution in [2.24, 2.45) is 44.3 Å². The zero-order valence-corrected chi connectivity index (χ0v) is 20.2. The van der Waals surface area contributed by atoms with E-state index in [1.165, 1.54) is 12.8 Å². The summed E-state index contributed by atoms with van der Waals surface area (Å²) in [5.74, 6) is 2.36. The van der Waals surface area contributed by atoms with E-state index in [-0.39, 0.29) is 32.5 Å². The molecule has 0 aromatic carbocycles. The van der Waals surface area contributed by atoms with Crippen LogP contribution in [0.2, 0.25) is 0 Å². The van der Waals surface area contributed by atoms with Gasteiger partial charge in [0.2, 0.25) is 0 Å². The third-order valence-electron chi connectivity index (χ3n) is 10.4. The number of Topliss-reactive ketones (excluding diaryl/α,β-unsaturated/α-hetero) is 2.